The van der Waals surface area contributed by atoms with Crippen molar-refractivity contribution in [3.63, 3.8) is 0 Å². The van der Waals surface area contributed by atoms with Crippen LogP contribution in [0.1, 0.15) is 51.5 Å². The van der Waals surface area contributed by atoms with Crippen molar-refractivity contribution in [1.29, 1.82) is 0 Å². The summed E-state index contributed by atoms with van der Waals surface area (Å²) in [5, 5.41) is 3.57. The summed E-state index contributed by atoms with van der Waals surface area (Å²) >= 11 is 5.90. The summed E-state index contributed by atoms with van der Waals surface area (Å²) < 4.78 is 5.45. The van der Waals surface area contributed by atoms with Crippen LogP contribution in [0.2, 0.25) is 5.02 Å². The molecule has 1 aromatic rings. The van der Waals surface area contributed by atoms with Gasteiger partial charge in [0, 0.05) is 29.5 Å². The maximum absolute atomic E-state index is 12.6. The number of hydrogen-bond acceptors (Lipinski definition) is 4. The first kappa shape index (κ1) is 21.5. The van der Waals surface area contributed by atoms with Crippen molar-refractivity contribution in [2.45, 2.75) is 58.6 Å². The fraction of sp³-hybridized carbons (Fsp3) is 0.524. The van der Waals surface area contributed by atoms with Gasteiger partial charge in [0.15, 0.2) is 0 Å². The zero-order chi connectivity index (χ0) is 19.6. The van der Waals surface area contributed by atoms with Gasteiger partial charge in [-0.3, -0.25) is 9.79 Å². The van der Waals surface area contributed by atoms with Gasteiger partial charge in [0.2, 0.25) is 0 Å². The molecule has 0 bridgehead atoms. The minimum atomic E-state index is -0.253. The van der Waals surface area contributed by atoms with Crippen LogP contribution in [-0.4, -0.2) is 30.9 Å². The highest BCUT2D eigenvalue weighted by Gasteiger charge is 2.19. The highest BCUT2D eigenvalue weighted by molar-refractivity contribution is 6.30. The average Bonchev–Trinajstić information content (AvgIpc) is 2.64. The molecule has 1 aromatic carbocycles. The normalized spacial score (nSPS) is 17.9. The number of unbranched alkanes of at least 4 members (excludes halogenated alkanes) is 1. The van der Waals surface area contributed by atoms with Gasteiger partial charge in [-0.15, -0.1) is 0 Å². The van der Waals surface area contributed by atoms with Gasteiger partial charge >= 0.3 is 0 Å². The Bertz CT molecular complexity index is 679. The SMILES string of the molecule is CCCCC(C(CC)=NCC1CCO1)=C(N)C(=O)NCc1ccc(Cl)cc1. The second-order valence-electron chi connectivity index (χ2n) is 6.73. The maximum atomic E-state index is 12.6. The van der Waals surface area contributed by atoms with Crippen molar-refractivity contribution in [2.24, 2.45) is 10.7 Å². The smallest absolute Gasteiger partial charge is 0.267 e. The number of ether oxygens (including phenoxy) is 1. The zero-order valence-electron chi connectivity index (χ0n) is 16.3. The van der Waals surface area contributed by atoms with Gasteiger partial charge in [-0.25, -0.2) is 0 Å². The van der Waals surface area contributed by atoms with E-state index in [9.17, 15) is 4.79 Å². The monoisotopic (exact) mass is 391 g/mol. The van der Waals surface area contributed by atoms with Crippen molar-refractivity contribution in [3.05, 3.63) is 46.1 Å². The first-order valence-electron chi connectivity index (χ1n) is 9.71. The minimum absolute atomic E-state index is 0.207. The summed E-state index contributed by atoms with van der Waals surface area (Å²) in [6, 6.07) is 7.38. The number of carbonyl (C=O) groups excluding carboxylic acids is 1. The van der Waals surface area contributed by atoms with Gasteiger partial charge in [-0.1, -0.05) is 44.0 Å². The Labute approximate surface area is 167 Å². The van der Waals surface area contributed by atoms with E-state index in [1.165, 1.54) is 0 Å². The molecule has 5 nitrogen and oxygen atoms in total. The molecule has 148 valence electrons. The quantitative estimate of drug-likeness (QED) is 0.467. The molecule has 1 atom stereocenters. The highest BCUT2D eigenvalue weighted by Crippen LogP contribution is 2.17. The number of carbonyl (C=O) groups is 1. The lowest BCUT2D eigenvalue weighted by Gasteiger charge is -2.25. The zero-order valence-corrected chi connectivity index (χ0v) is 17.0. The van der Waals surface area contributed by atoms with E-state index in [4.69, 9.17) is 27.1 Å². The lowest BCUT2D eigenvalue weighted by atomic mass is 9.99. The number of benzene rings is 1. The maximum Gasteiger partial charge on any atom is 0.267 e. The molecule has 1 amide bonds. The Hall–Kier alpha value is -1.85. The predicted molar refractivity (Wildman–Crippen MR) is 111 cm³/mol. The number of allylic oxidation sites excluding steroid dienone is 1. The lowest BCUT2D eigenvalue weighted by molar-refractivity contribution is -0.117. The molecular weight excluding hydrogens is 362 g/mol. The largest absolute Gasteiger partial charge is 0.394 e. The molecule has 0 saturated carbocycles. The van der Waals surface area contributed by atoms with Gasteiger partial charge in [-0.05, 0) is 43.4 Å². The minimum Gasteiger partial charge on any atom is -0.394 e. The molecule has 3 N–H and O–H groups in total. The van der Waals surface area contributed by atoms with Crippen LogP contribution in [-0.2, 0) is 16.1 Å². The van der Waals surface area contributed by atoms with Crippen LogP contribution in [0.5, 0.6) is 0 Å². The lowest BCUT2D eigenvalue weighted by Crippen LogP contribution is -2.32. The Morgan fingerprint density at radius 3 is 2.59 bits per heavy atom. The van der Waals surface area contributed by atoms with Crippen LogP contribution < -0.4 is 11.1 Å². The van der Waals surface area contributed by atoms with Gasteiger partial charge in [0.05, 0.1) is 12.6 Å². The van der Waals surface area contributed by atoms with E-state index in [0.717, 1.165) is 55.6 Å². The Morgan fingerprint density at radius 2 is 2.04 bits per heavy atom. The van der Waals surface area contributed by atoms with E-state index in [2.05, 4.69) is 12.2 Å². The van der Waals surface area contributed by atoms with Crippen molar-refractivity contribution < 1.29 is 9.53 Å². The fourth-order valence-corrected chi connectivity index (χ4v) is 2.99. The van der Waals surface area contributed by atoms with E-state index in [1.54, 1.807) is 12.1 Å². The Morgan fingerprint density at radius 1 is 1.33 bits per heavy atom. The molecular formula is C21H30ClN3O2. The molecule has 27 heavy (non-hydrogen) atoms. The van der Waals surface area contributed by atoms with Gasteiger partial charge in [-0.2, -0.15) is 0 Å². The molecule has 1 unspecified atom stereocenters. The van der Waals surface area contributed by atoms with E-state index in [0.29, 0.717) is 18.1 Å². The standard InChI is InChI=1S/C21H30ClN3O2/c1-3-5-6-18(19(4-2)24-14-17-11-12-27-17)20(23)21(26)25-13-15-7-9-16(22)10-8-15/h7-10,17H,3-6,11-14,23H2,1-2H3,(H,25,26). The summed E-state index contributed by atoms with van der Waals surface area (Å²) in [5.74, 6) is -0.253. The summed E-state index contributed by atoms with van der Waals surface area (Å²) in [4.78, 5) is 17.3. The Balaban J connectivity index is 2.09. The molecule has 0 spiro atoms. The number of aliphatic imine (C=N–C) groups is 1. The fourth-order valence-electron chi connectivity index (χ4n) is 2.87. The van der Waals surface area contributed by atoms with Crippen LogP contribution in [0.3, 0.4) is 0 Å². The van der Waals surface area contributed by atoms with Gasteiger partial charge in [0.1, 0.15) is 5.70 Å². The van der Waals surface area contributed by atoms with Crippen LogP contribution >= 0.6 is 11.6 Å². The summed E-state index contributed by atoms with van der Waals surface area (Å²) in [5.41, 5.74) is 9.28. The first-order valence-corrected chi connectivity index (χ1v) is 10.1. The van der Waals surface area contributed by atoms with E-state index in [-0.39, 0.29) is 17.7 Å². The van der Waals surface area contributed by atoms with Crippen LogP contribution in [0, 0.1) is 0 Å². The first-order chi connectivity index (χ1) is 13.0. The third kappa shape index (κ3) is 6.67. The molecule has 2 rings (SSSR count). The van der Waals surface area contributed by atoms with Gasteiger partial charge < -0.3 is 15.8 Å². The molecule has 1 aliphatic rings. The van der Waals surface area contributed by atoms with Crippen molar-refractivity contribution in [2.75, 3.05) is 13.2 Å². The topological polar surface area (TPSA) is 76.7 Å². The van der Waals surface area contributed by atoms with E-state index >= 15 is 0 Å². The van der Waals surface area contributed by atoms with Crippen molar-refractivity contribution >= 4 is 23.2 Å². The second kappa shape index (κ2) is 11.1. The third-order valence-electron chi connectivity index (χ3n) is 4.68. The highest BCUT2D eigenvalue weighted by atomic mass is 35.5. The average molecular weight is 392 g/mol. The molecule has 1 heterocycles. The van der Waals surface area contributed by atoms with E-state index < -0.39 is 0 Å². The molecule has 1 saturated heterocycles. The second-order valence-corrected chi connectivity index (χ2v) is 7.16. The number of hydrogen-bond donors (Lipinski definition) is 2. The van der Waals surface area contributed by atoms with Crippen molar-refractivity contribution in [3.8, 4) is 0 Å². The number of nitrogens with one attached hydrogen (secondary N) is 1. The Kier molecular flexibility index (Phi) is 8.82. The molecule has 1 fully saturated rings. The number of nitrogens with zero attached hydrogens (tertiary/aromatic N) is 1. The molecule has 0 aliphatic carbocycles. The van der Waals surface area contributed by atoms with Crippen LogP contribution in [0.15, 0.2) is 40.5 Å². The summed E-state index contributed by atoms with van der Waals surface area (Å²) in [6.07, 6.45) is 4.77. The number of nitrogens with two attached hydrogens (primary N) is 1. The summed E-state index contributed by atoms with van der Waals surface area (Å²) in [7, 11) is 0. The number of halogens is 1. The number of amides is 1. The van der Waals surface area contributed by atoms with Gasteiger partial charge in [0.25, 0.3) is 5.91 Å². The van der Waals surface area contributed by atoms with Crippen LogP contribution in [0.4, 0.5) is 0 Å². The van der Waals surface area contributed by atoms with Crippen LogP contribution in [0.25, 0.3) is 0 Å². The summed E-state index contributed by atoms with van der Waals surface area (Å²) in [6.45, 7) is 6.03. The third-order valence-corrected chi connectivity index (χ3v) is 4.93. The van der Waals surface area contributed by atoms with Crippen molar-refractivity contribution in [1.82, 2.24) is 5.32 Å². The molecule has 1 aliphatic heterocycles. The number of rotatable bonds is 10. The van der Waals surface area contributed by atoms with E-state index in [1.807, 2.05) is 19.1 Å². The molecule has 0 aromatic heterocycles. The molecule has 6 heteroatoms. The predicted octanol–water partition coefficient (Wildman–Crippen LogP) is 4.00. The molecule has 0 radical (unpaired) electrons.